The van der Waals surface area contributed by atoms with Crippen molar-refractivity contribution in [3.63, 3.8) is 0 Å². The summed E-state index contributed by atoms with van der Waals surface area (Å²) in [5.74, 6) is 1.78. The predicted molar refractivity (Wildman–Crippen MR) is 94.4 cm³/mol. The van der Waals surface area contributed by atoms with E-state index in [2.05, 4.69) is 25.2 Å². The average Bonchev–Trinajstić information content (AvgIpc) is 2.62. The zero-order valence-corrected chi connectivity index (χ0v) is 14.2. The third-order valence-electron chi connectivity index (χ3n) is 4.18. The molecule has 1 amide bonds. The molecule has 2 aromatic rings. The SMILES string of the molecule is CCc1cc(NC(=O)c2cccnc2N2CCCCC2)nc(C)n1. The Bertz CT molecular complexity index is 725. The third-order valence-corrected chi connectivity index (χ3v) is 4.18. The Balaban J connectivity index is 1.84. The molecular formula is C18H23N5O. The van der Waals surface area contributed by atoms with Gasteiger partial charge in [-0.25, -0.2) is 15.0 Å². The molecule has 1 fully saturated rings. The van der Waals surface area contributed by atoms with E-state index in [1.807, 2.05) is 26.0 Å². The molecule has 0 atom stereocenters. The van der Waals surface area contributed by atoms with Gasteiger partial charge < -0.3 is 10.2 Å². The monoisotopic (exact) mass is 325 g/mol. The lowest BCUT2D eigenvalue weighted by Crippen LogP contribution is -2.32. The van der Waals surface area contributed by atoms with Crippen LogP contribution in [0.2, 0.25) is 0 Å². The summed E-state index contributed by atoms with van der Waals surface area (Å²) in [4.78, 5) is 28.0. The number of rotatable bonds is 4. The smallest absolute Gasteiger partial charge is 0.260 e. The lowest BCUT2D eigenvalue weighted by Gasteiger charge is -2.29. The molecule has 0 saturated carbocycles. The molecule has 1 aliphatic heterocycles. The molecule has 0 unspecified atom stereocenters. The zero-order valence-electron chi connectivity index (χ0n) is 14.2. The first-order valence-electron chi connectivity index (χ1n) is 8.53. The first-order valence-corrected chi connectivity index (χ1v) is 8.53. The minimum atomic E-state index is -0.177. The minimum Gasteiger partial charge on any atom is -0.356 e. The maximum atomic E-state index is 12.8. The number of aromatic nitrogens is 3. The minimum absolute atomic E-state index is 0.177. The Kier molecular flexibility index (Phi) is 5.03. The van der Waals surface area contributed by atoms with E-state index >= 15 is 0 Å². The van der Waals surface area contributed by atoms with E-state index in [-0.39, 0.29) is 5.91 Å². The molecule has 24 heavy (non-hydrogen) atoms. The number of carbonyl (C=O) groups excluding carboxylic acids is 1. The molecule has 1 N–H and O–H groups in total. The van der Waals surface area contributed by atoms with E-state index in [1.54, 1.807) is 12.3 Å². The van der Waals surface area contributed by atoms with Crippen molar-refractivity contribution >= 4 is 17.5 Å². The Morgan fingerprint density at radius 1 is 1.25 bits per heavy atom. The van der Waals surface area contributed by atoms with Gasteiger partial charge in [0.05, 0.1) is 5.56 Å². The van der Waals surface area contributed by atoms with Gasteiger partial charge in [0.1, 0.15) is 17.5 Å². The summed E-state index contributed by atoms with van der Waals surface area (Å²) in [6.45, 7) is 5.76. The van der Waals surface area contributed by atoms with Crippen molar-refractivity contribution in [1.29, 1.82) is 0 Å². The molecule has 0 bridgehead atoms. The van der Waals surface area contributed by atoms with Crippen LogP contribution in [0, 0.1) is 6.92 Å². The first kappa shape index (κ1) is 16.4. The highest BCUT2D eigenvalue weighted by atomic mass is 16.1. The van der Waals surface area contributed by atoms with Crippen LogP contribution in [0.15, 0.2) is 24.4 Å². The number of anilines is 2. The topological polar surface area (TPSA) is 71.0 Å². The van der Waals surface area contributed by atoms with Crippen LogP contribution >= 0.6 is 0 Å². The number of nitrogens with zero attached hydrogens (tertiary/aromatic N) is 4. The molecule has 6 nitrogen and oxygen atoms in total. The lowest BCUT2D eigenvalue weighted by molar-refractivity contribution is 0.102. The number of pyridine rings is 1. The number of nitrogens with one attached hydrogen (secondary N) is 1. The van der Waals surface area contributed by atoms with E-state index in [1.165, 1.54) is 6.42 Å². The van der Waals surface area contributed by atoms with E-state index < -0.39 is 0 Å². The molecule has 3 heterocycles. The third kappa shape index (κ3) is 3.69. The van der Waals surface area contributed by atoms with Gasteiger partial charge in [-0.1, -0.05) is 6.92 Å². The van der Waals surface area contributed by atoms with Gasteiger partial charge in [0, 0.05) is 31.0 Å². The van der Waals surface area contributed by atoms with Gasteiger partial charge in [-0.05, 0) is 44.7 Å². The molecular weight excluding hydrogens is 302 g/mol. The number of hydrogen-bond acceptors (Lipinski definition) is 5. The molecule has 3 rings (SSSR count). The summed E-state index contributed by atoms with van der Waals surface area (Å²) in [5, 5.41) is 2.90. The Labute approximate surface area is 142 Å². The quantitative estimate of drug-likeness (QED) is 0.935. The van der Waals surface area contributed by atoms with E-state index in [0.29, 0.717) is 17.2 Å². The van der Waals surface area contributed by atoms with Crippen LogP contribution in [-0.2, 0) is 6.42 Å². The Hall–Kier alpha value is -2.50. The predicted octanol–water partition coefficient (Wildman–Crippen LogP) is 2.99. The van der Waals surface area contributed by atoms with Crippen molar-refractivity contribution in [2.75, 3.05) is 23.3 Å². The molecule has 2 aromatic heterocycles. The first-order chi connectivity index (χ1) is 11.7. The van der Waals surface area contributed by atoms with Crippen molar-refractivity contribution in [1.82, 2.24) is 15.0 Å². The fraction of sp³-hybridized carbons (Fsp3) is 0.444. The molecule has 6 heteroatoms. The van der Waals surface area contributed by atoms with Gasteiger partial charge in [0.15, 0.2) is 0 Å². The second kappa shape index (κ2) is 7.38. The van der Waals surface area contributed by atoms with Crippen LogP contribution in [0.4, 0.5) is 11.6 Å². The molecule has 0 radical (unpaired) electrons. The largest absolute Gasteiger partial charge is 0.356 e. The number of carbonyl (C=O) groups is 1. The Morgan fingerprint density at radius 2 is 2.04 bits per heavy atom. The van der Waals surface area contributed by atoms with Gasteiger partial charge in [0.25, 0.3) is 5.91 Å². The van der Waals surface area contributed by atoms with Crippen molar-refractivity contribution in [3.8, 4) is 0 Å². The van der Waals surface area contributed by atoms with Crippen LogP contribution in [-0.4, -0.2) is 33.9 Å². The normalized spacial score (nSPS) is 14.5. The molecule has 126 valence electrons. The van der Waals surface area contributed by atoms with Crippen molar-refractivity contribution in [3.05, 3.63) is 41.5 Å². The highest BCUT2D eigenvalue weighted by molar-refractivity contribution is 6.07. The van der Waals surface area contributed by atoms with E-state index in [4.69, 9.17) is 0 Å². The molecule has 0 aliphatic carbocycles. The maximum absolute atomic E-state index is 12.8. The van der Waals surface area contributed by atoms with Crippen molar-refractivity contribution in [2.45, 2.75) is 39.5 Å². The van der Waals surface area contributed by atoms with Crippen LogP contribution in [0.25, 0.3) is 0 Å². The second-order valence-electron chi connectivity index (χ2n) is 6.02. The fourth-order valence-electron chi connectivity index (χ4n) is 2.99. The zero-order chi connectivity index (χ0) is 16.9. The summed E-state index contributed by atoms with van der Waals surface area (Å²) in [7, 11) is 0. The standard InChI is InChI=1S/C18H23N5O/c1-3-14-12-16(21-13(2)20-14)22-18(24)15-8-7-9-19-17(15)23-10-5-4-6-11-23/h7-9,12H,3-6,10-11H2,1-2H3,(H,20,21,22,24). The molecule has 0 spiro atoms. The van der Waals surface area contributed by atoms with Crippen molar-refractivity contribution in [2.24, 2.45) is 0 Å². The van der Waals surface area contributed by atoms with Crippen LogP contribution in [0.1, 0.15) is 48.1 Å². The fourth-order valence-corrected chi connectivity index (χ4v) is 2.99. The molecule has 1 saturated heterocycles. The van der Waals surface area contributed by atoms with Gasteiger partial charge in [0.2, 0.25) is 0 Å². The van der Waals surface area contributed by atoms with E-state index in [9.17, 15) is 4.79 Å². The van der Waals surface area contributed by atoms with Gasteiger partial charge in [-0.2, -0.15) is 0 Å². The van der Waals surface area contributed by atoms with Crippen LogP contribution < -0.4 is 10.2 Å². The van der Waals surface area contributed by atoms with Gasteiger partial charge in [-0.3, -0.25) is 4.79 Å². The summed E-state index contributed by atoms with van der Waals surface area (Å²) in [6.07, 6.45) is 6.07. The summed E-state index contributed by atoms with van der Waals surface area (Å²) in [6, 6.07) is 5.44. The number of aryl methyl sites for hydroxylation is 2. The summed E-state index contributed by atoms with van der Waals surface area (Å²) >= 11 is 0. The number of amides is 1. The summed E-state index contributed by atoms with van der Waals surface area (Å²) < 4.78 is 0. The maximum Gasteiger partial charge on any atom is 0.260 e. The average molecular weight is 325 g/mol. The number of hydrogen-bond donors (Lipinski definition) is 1. The molecule has 0 aromatic carbocycles. The van der Waals surface area contributed by atoms with Crippen LogP contribution in [0.5, 0.6) is 0 Å². The van der Waals surface area contributed by atoms with Gasteiger partial charge in [-0.15, -0.1) is 0 Å². The molecule has 1 aliphatic rings. The van der Waals surface area contributed by atoms with E-state index in [0.717, 1.165) is 43.9 Å². The highest BCUT2D eigenvalue weighted by Gasteiger charge is 2.20. The highest BCUT2D eigenvalue weighted by Crippen LogP contribution is 2.22. The second-order valence-corrected chi connectivity index (χ2v) is 6.02. The van der Waals surface area contributed by atoms with Gasteiger partial charge >= 0.3 is 0 Å². The Morgan fingerprint density at radius 3 is 2.79 bits per heavy atom. The number of piperidine rings is 1. The summed E-state index contributed by atoms with van der Waals surface area (Å²) in [5.41, 5.74) is 1.51. The lowest BCUT2D eigenvalue weighted by atomic mass is 10.1. The van der Waals surface area contributed by atoms with Crippen molar-refractivity contribution < 1.29 is 4.79 Å². The van der Waals surface area contributed by atoms with Crippen LogP contribution in [0.3, 0.4) is 0 Å².